The Hall–Kier alpha value is -3.36. The first-order chi connectivity index (χ1) is 13.7. The Kier molecular flexibility index (Phi) is 4.00. The van der Waals surface area contributed by atoms with Crippen molar-refractivity contribution in [2.24, 2.45) is 5.92 Å². The molecule has 0 radical (unpaired) electrons. The molecule has 3 aromatic heterocycles. The molecule has 1 N–H and O–H groups in total. The molecule has 1 saturated heterocycles. The van der Waals surface area contributed by atoms with E-state index in [0.29, 0.717) is 43.5 Å². The van der Waals surface area contributed by atoms with E-state index in [2.05, 4.69) is 20.3 Å². The first kappa shape index (κ1) is 16.8. The Labute approximate surface area is 160 Å². The van der Waals surface area contributed by atoms with Gasteiger partial charge in [-0.15, -0.1) is 5.10 Å². The van der Waals surface area contributed by atoms with Crippen LogP contribution in [-0.4, -0.2) is 57.5 Å². The molecule has 4 heterocycles. The summed E-state index contributed by atoms with van der Waals surface area (Å²) in [5, 5.41) is 7.27. The number of nitrogens with one attached hydrogen (secondary N) is 1. The number of amides is 2. The number of hydrogen-bond acceptors (Lipinski definition) is 6. The van der Waals surface area contributed by atoms with E-state index in [1.54, 1.807) is 21.5 Å². The minimum atomic E-state index is -0.0892. The van der Waals surface area contributed by atoms with E-state index in [1.807, 2.05) is 18.2 Å². The van der Waals surface area contributed by atoms with Crippen LogP contribution in [0.25, 0.3) is 5.65 Å². The third kappa shape index (κ3) is 3.08. The number of piperazine rings is 1. The lowest BCUT2D eigenvalue weighted by atomic mass is 10.2. The normalized spacial score (nSPS) is 17.1. The maximum atomic E-state index is 12.4. The van der Waals surface area contributed by atoms with Crippen molar-refractivity contribution in [3.8, 4) is 0 Å². The van der Waals surface area contributed by atoms with Crippen LogP contribution in [0, 0.1) is 5.92 Å². The molecule has 0 atom stereocenters. The Morgan fingerprint density at radius 3 is 2.61 bits per heavy atom. The summed E-state index contributed by atoms with van der Waals surface area (Å²) >= 11 is 0. The lowest BCUT2D eigenvalue weighted by Crippen LogP contribution is -2.49. The van der Waals surface area contributed by atoms with E-state index < -0.39 is 0 Å². The Balaban J connectivity index is 1.31. The highest BCUT2D eigenvalue weighted by molar-refractivity contribution is 5.93. The zero-order valence-corrected chi connectivity index (χ0v) is 15.2. The molecule has 28 heavy (non-hydrogen) atoms. The van der Waals surface area contributed by atoms with Crippen molar-refractivity contribution in [3.63, 3.8) is 0 Å². The number of hydrogen-bond donors (Lipinski definition) is 1. The largest absolute Gasteiger partial charge is 0.459 e. The quantitative estimate of drug-likeness (QED) is 0.739. The van der Waals surface area contributed by atoms with Crippen LogP contribution in [0.1, 0.15) is 23.4 Å². The molecule has 9 nitrogen and oxygen atoms in total. The van der Waals surface area contributed by atoms with Gasteiger partial charge in [0.2, 0.25) is 11.9 Å². The predicted octanol–water partition coefficient (Wildman–Crippen LogP) is 1.63. The zero-order chi connectivity index (χ0) is 19.1. The second-order valence-corrected chi connectivity index (χ2v) is 7.11. The fraction of sp³-hybridized carbons (Fsp3) is 0.368. The molecule has 0 aromatic carbocycles. The molecule has 2 fully saturated rings. The van der Waals surface area contributed by atoms with Gasteiger partial charge >= 0.3 is 0 Å². The molecule has 2 aliphatic rings. The topological polar surface area (TPSA) is 96.0 Å². The number of rotatable bonds is 4. The molecule has 1 aliphatic carbocycles. The fourth-order valence-corrected chi connectivity index (χ4v) is 3.44. The third-order valence-electron chi connectivity index (χ3n) is 5.15. The van der Waals surface area contributed by atoms with Gasteiger partial charge in [-0.1, -0.05) is 6.07 Å². The average molecular weight is 380 g/mol. The number of pyridine rings is 1. The molecule has 0 bridgehead atoms. The molecular weight excluding hydrogens is 360 g/mol. The third-order valence-corrected chi connectivity index (χ3v) is 5.15. The number of aromatic nitrogens is 3. The molecule has 0 unspecified atom stereocenters. The van der Waals surface area contributed by atoms with Gasteiger partial charge in [-0.25, -0.2) is 0 Å². The lowest BCUT2D eigenvalue weighted by Gasteiger charge is -2.35. The summed E-state index contributed by atoms with van der Waals surface area (Å²) < 4.78 is 6.95. The van der Waals surface area contributed by atoms with Gasteiger partial charge in [0, 0.05) is 32.1 Å². The summed E-state index contributed by atoms with van der Waals surface area (Å²) in [5.41, 5.74) is 0.678. The second-order valence-electron chi connectivity index (χ2n) is 7.11. The maximum Gasteiger partial charge on any atom is 0.289 e. The number of carbonyl (C=O) groups excluding carboxylic acids is 2. The lowest BCUT2D eigenvalue weighted by molar-refractivity contribution is -0.117. The molecule has 1 saturated carbocycles. The average Bonchev–Trinajstić information content (AvgIpc) is 3.27. The highest BCUT2D eigenvalue weighted by Crippen LogP contribution is 2.30. The maximum absolute atomic E-state index is 12.4. The van der Waals surface area contributed by atoms with Crippen LogP contribution >= 0.6 is 0 Å². The Morgan fingerprint density at radius 2 is 1.89 bits per heavy atom. The highest BCUT2D eigenvalue weighted by atomic mass is 16.3. The van der Waals surface area contributed by atoms with Gasteiger partial charge < -0.3 is 14.2 Å². The summed E-state index contributed by atoms with van der Waals surface area (Å²) in [6.07, 6.45) is 3.38. The van der Waals surface area contributed by atoms with Crippen molar-refractivity contribution in [1.29, 1.82) is 0 Å². The van der Waals surface area contributed by atoms with Crippen LogP contribution in [0.4, 0.5) is 11.8 Å². The number of nitrogens with zero attached hydrogens (tertiary/aromatic N) is 5. The molecule has 1 aliphatic heterocycles. The van der Waals surface area contributed by atoms with Crippen LogP contribution in [-0.2, 0) is 4.79 Å². The van der Waals surface area contributed by atoms with E-state index in [9.17, 15) is 9.59 Å². The number of furan rings is 1. The van der Waals surface area contributed by atoms with E-state index in [4.69, 9.17) is 4.42 Å². The van der Waals surface area contributed by atoms with E-state index in [0.717, 1.165) is 18.7 Å². The molecule has 3 aromatic rings. The zero-order valence-electron chi connectivity index (χ0n) is 15.2. The van der Waals surface area contributed by atoms with Gasteiger partial charge in [0.25, 0.3) is 5.91 Å². The van der Waals surface area contributed by atoms with Crippen LogP contribution < -0.4 is 10.2 Å². The molecule has 9 heteroatoms. The summed E-state index contributed by atoms with van der Waals surface area (Å²) in [6.45, 7) is 2.54. The number of fused-ring (bicyclic) bond motifs is 1. The van der Waals surface area contributed by atoms with E-state index in [1.165, 1.54) is 6.26 Å². The summed E-state index contributed by atoms with van der Waals surface area (Å²) in [7, 11) is 0. The fourth-order valence-electron chi connectivity index (χ4n) is 3.44. The molecule has 144 valence electrons. The smallest absolute Gasteiger partial charge is 0.289 e. The molecule has 5 rings (SSSR count). The Morgan fingerprint density at radius 1 is 1.07 bits per heavy atom. The van der Waals surface area contributed by atoms with Crippen molar-refractivity contribution < 1.29 is 14.0 Å². The van der Waals surface area contributed by atoms with Gasteiger partial charge in [-0.05, 0) is 37.1 Å². The minimum Gasteiger partial charge on any atom is -0.459 e. The number of carbonyl (C=O) groups is 2. The van der Waals surface area contributed by atoms with Crippen LogP contribution in [0.15, 0.2) is 41.0 Å². The standard InChI is InChI=1S/C19H20N6O3/c26-17(13-6-7-13)21-19-20-15-4-1-5-16(25(15)22-19)23-8-10-24(11-9-23)18(27)14-3-2-12-28-14/h1-5,12-13H,6-11H2,(H,21,22,26). The van der Waals surface area contributed by atoms with Crippen LogP contribution in [0.3, 0.4) is 0 Å². The highest BCUT2D eigenvalue weighted by Gasteiger charge is 2.30. The van der Waals surface area contributed by atoms with Crippen molar-refractivity contribution in [3.05, 3.63) is 42.4 Å². The molecule has 2 amide bonds. The van der Waals surface area contributed by atoms with Crippen LogP contribution in [0.5, 0.6) is 0 Å². The first-order valence-electron chi connectivity index (χ1n) is 9.43. The van der Waals surface area contributed by atoms with E-state index in [-0.39, 0.29) is 17.7 Å². The second kappa shape index (κ2) is 6.66. The van der Waals surface area contributed by atoms with Gasteiger partial charge in [0.1, 0.15) is 5.82 Å². The van der Waals surface area contributed by atoms with Gasteiger partial charge in [-0.2, -0.15) is 9.50 Å². The molecular formula is C19H20N6O3. The summed E-state index contributed by atoms with van der Waals surface area (Å²) in [6, 6.07) is 9.15. The van der Waals surface area contributed by atoms with Crippen molar-refractivity contribution in [2.45, 2.75) is 12.8 Å². The summed E-state index contributed by atoms with van der Waals surface area (Å²) in [5.74, 6) is 1.59. The predicted molar refractivity (Wildman–Crippen MR) is 101 cm³/mol. The van der Waals surface area contributed by atoms with E-state index >= 15 is 0 Å². The van der Waals surface area contributed by atoms with Crippen molar-refractivity contribution >= 4 is 29.2 Å². The van der Waals surface area contributed by atoms with Crippen molar-refractivity contribution in [1.82, 2.24) is 19.5 Å². The molecule has 0 spiro atoms. The number of anilines is 2. The van der Waals surface area contributed by atoms with Gasteiger partial charge in [-0.3, -0.25) is 14.9 Å². The first-order valence-corrected chi connectivity index (χ1v) is 9.43. The van der Waals surface area contributed by atoms with Gasteiger partial charge in [0.15, 0.2) is 11.4 Å². The monoisotopic (exact) mass is 380 g/mol. The van der Waals surface area contributed by atoms with Crippen molar-refractivity contribution in [2.75, 3.05) is 36.4 Å². The van der Waals surface area contributed by atoms with Crippen LogP contribution in [0.2, 0.25) is 0 Å². The van der Waals surface area contributed by atoms with Gasteiger partial charge in [0.05, 0.1) is 6.26 Å². The summed E-state index contributed by atoms with van der Waals surface area (Å²) in [4.78, 5) is 32.8. The SMILES string of the molecule is O=C(Nc1nc2cccc(N3CCN(C(=O)c4ccco4)CC3)n2n1)C1CC1. The minimum absolute atomic E-state index is 0.0116. The Bertz CT molecular complexity index is 1020.